The molecule has 0 rings (SSSR count). The van der Waals surface area contributed by atoms with E-state index in [0.29, 0.717) is 19.3 Å². The van der Waals surface area contributed by atoms with Crippen LogP contribution in [0.15, 0.2) is 48.6 Å². The minimum absolute atomic E-state index is 0.0641. The van der Waals surface area contributed by atoms with Gasteiger partial charge in [-0.25, -0.2) is 0 Å². The summed E-state index contributed by atoms with van der Waals surface area (Å²) in [6.45, 7) is 6.35. The van der Waals surface area contributed by atoms with E-state index in [1.165, 1.54) is 128 Å². The molecule has 3 N–H and O–H groups in total. The van der Waals surface area contributed by atoms with Gasteiger partial charge in [0.05, 0.1) is 25.2 Å². The molecule has 3 atom stereocenters. The van der Waals surface area contributed by atoms with Crippen molar-refractivity contribution >= 4 is 11.9 Å². The molecule has 356 valence electrons. The van der Waals surface area contributed by atoms with Crippen LogP contribution in [0.3, 0.4) is 0 Å². The second kappa shape index (κ2) is 48.8. The quantitative estimate of drug-likeness (QED) is 0.0245. The maximum atomic E-state index is 13.2. The van der Waals surface area contributed by atoms with Gasteiger partial charge >= 0.3 is 5.97 Å². The van der Waals surface area contributed by atoms with E-state index < -0.39 is 18.2 Å². The topological polar surface area (TPSA) is 95.9 Å². The highest BCUT2D eigenvalue weighted by Crippen LogP contribution is 2.18. The van der Waals surface area contributed by atoms with E-state index >= 15 is 0 Å². The van der Waals surface area contributed by atoms with Gasteiger partial charge in [0.25, 0.3) is 0 Å². The second-order valence-corrected chi connectivity index (χ2v) is 18.0. The third-order valence-corrected chi connectivity index (χ3v) is 12.0. The maximum absolute atomic E-state index is 13.2. The normalized spacial score (nSPS) is 13.6. The van der Waals surface area contributed by atoms with Crippen molar-refractivity contribution in [3.05, 3.63) is 48.6 Å². The number of hydrogen-bond acceptors (Lipinski definition) is 5. The molecule has 0 heterocycles. The largest absolute Gasteiger partial charge is 0.462 e. The molecule has 61 heavy (non-hydrogen) atoms. The van der Waals surface area contributed by atoms with Crippen LogP contribution in [0.2, 0.25) is 0 Å². The van der Waals surface area contributed by atoms with Crippen LogP contribution >= 0.6 is 0 Å². The average molecular weight is 856 g/mol. The first-order chi connectivity index (χ1) is 30.0. The fraction of sp³-hybridized carbons (Fsp3) is 0.818. The molecule has 0 aromatic rings. The highest BCUT2D eigenvalue weighted by molar-refractivity contribution is 5.77. The molecule has 0 saturated carbocycles. The Morgan fingerprint density at radius 3 is 1.39 bits per heavy atom. The first-order valence-corrected chi connectivity index (χ1v) is 26.4. The summed E-state index contributed by atoms with van der Waals surface area (Å²) in [5.74, 6) is -0.500. The van der Waals surface area contributed by atoms with Crippen LogP contribution in [-0.2, 0) is 14.3 Å². The number of aliphatic hydroxyl groups excluding tert-OH is 2. The zero-order chi connectivity index (χ0) is 44.5. The lowest BCUT2D eigenvalue weighted by Gasteiger charge is -2.24. The van der Waals surface area contributed by atoms with Crippen molar-refractivity contribution < 1.29 is 24.5 Å². The molecule has 0 bridgehead atoms. The molecule has 0 aromatic carbocycles. The van der Waals surface area contributed by atoms with Crippen molar-refractivity contribution in [2.45, 2.75) is 283 Å². The zero-order valence-corrected chi connectivity index (χ0v) is 40.5. The number of unbranched alkanes of at least 4 members (excludes halogenated alkanes) is 29. The fourth-order valence-corrected chi connectivity index (χ4v) is 7.96. The second-order valence-electron chi connectivity index (χ2n) is 18.0. The van der Waals surface area contributed by atoms with Crippen LogP contribution in [0.25, 0.3) is 0 Å². The van der Waals surface area contributed by atoms with Gasteiger partial charge in [0.15, 0.2) is 0 Å². The summed E-state index contributed by atoms with van der Waals surface area (Å²) >= 11 is 0. The third kappa shape index (κ3) is 44.2. The number of carbonyl (C=O) groups excluding carboxylic acids is 2. The number of nitrogens with one attached hydrogen (secondary N) is 1. The Labute approximate surface area is 378 Å². The highest BCUT2D eigenvalue weighted by atomic mass is 16.5. The monoisotopic (exact) mass is 856 g/mol. The summed E-state index contributed by atoms with van der Waals surface area (Å²) in [5.41, 5.74) is 0. The van der Waals surface area contributed by atoms with Gasteiger partial charge in [0.1, 0.15) is 6.10 Å². The summed E-state index contributed by atoms with van der Waals surface area (Å²) in [7, 11) is 0. The number of allylic oxidation sites excluding steroid dienone is 8. The summed E-state index contributed by atoms with van der Waals surface area (Å²) in [5, 5.41) is 23.8. The van der Waals surface area contributed by atoms with Crippen molar-refractivity contribution in [1.29, 1.82) is 0 Å². The van der Waals surface area contributed by atoms with Crippen molar-refractivity contribution in [3.63, 3.8) is 0 Å². The van der Waals surface area contributed by atoms with E-state index in [9.17, 15) is 19.8 Å². The Hall–Kier alpha value is -2.18. The smallest absolute Gasteiger partial charge is 0.306 e. The Morgan fingerprint density at radius 2 is 0.902 bits per heavy atom. The molecule has 0 aliphatic rings. The van der Waals surface area contributed by atoms with Gasteiger partial charge in [0.2, 0.25) is 5.91 Å². The number of ether oxygens (including phenoxy) is 1. The lowest BCUT2D eigenvalue weighted by Crippen LogP contribution is -2.46. The molecule has 6 nitrogen and oxygen atoms in total. The summed E-state index contributed by atoms with van der Waals surface area (Å²) in [6.07, 6.45) is 58.8. The number of amides is 1. The fourth-order valence-electron chi connectivity index (χ4n) is 7.96. The lowest BCUT2D eigenvalue weighted by molar-refractivity contribution is -0.151. The van der Waals surface area contributed by atoms with E-state index in [4.69, 9.17) is 4.74 Å². The van der Waals surface area contributed by atoms with E-state index in [1.807, 2.05) is 0 Å². The molecule has 0 saturated heterocycles. The van der Waals surface area contributed by atoms with Crippen LogP contribution in [0.5, 0.6) is 0 Å². The summed E-state index contributed by atoms with van der Waals surface area (Å²) in [4.78, 5) is 26.1. The molecule has 0 aliphatic heterocycles. The van der Waals surface area contributed by atoms with E-state index in [1.54, 1.807) is 0 Å². The van der Waals surface area contributed by atoms with E-state index in [-0.39, 0.29) is 24.9 Å². The molecule has 6 heteroatoms. The molecule has 0 fully saturated rings. The summed E-state index contributed by atoms with van der Waals surface area (Å²) in [6, 6.07) is -0.708. The Morgan fingerprint density at radius 1 is 0.492 bits per heavy atom. The van der Waals surface area contributed by atoms with Gasteiger partial charge in [-0.2, -0.15) is 0 Å². The zero-order valence-electron chi connectivity index (χ0n) is 40.5. The molecular formula is C55H101NO5. The predicted molar refractivity (Wildman–Crippen MR) is 264 cm³/mol. The van der Waals surface area contributed by atoms with Crippen molar-refractivity contribution in [2.75, 3.05) is 6.61 Å². The molecule has 0 radical (unpaired) electrons. The molecule has 3 unspecified atom stereocenters. The number of hydrogen-bond donors (Lipinski definition) is 3. The van der Waals surface area contributed by atoms with Gasteiger partial charge in [-0.1, -0.05) is 230 Å². The van der Waals surface area contributed by atoms with Gasteiger partial charge in [-0.05, 0) is 70.6 Å². The van der Waals surface area contributed by atoms with E-state index in [2.05, 4.69) is 74.7 Å². The molecule has 0 aromatic heterocycles. The SMILES string of the molecule is CC/C=C/C=C/C=C\CCCCCCCC(=O)OC(CCCCCCC/C=C\CCCCCC)CC(=O)NC(CO)C(O)CCCCCCCCCCCCCCCCCC. The lowest BCUT2D eigenvalue weighted by atomic mass is 10.0. The van der Waals surface area contributed by atoms with Crippen molar-refractivity contribution in [1.82, 2.24) is 5.32 Å². The van der Waals surface area contributed by atoms with Crippen LogP contribution in [-0.4, -0.2) is 46.9 Å². The van der Waals surface area contributed by atoms with Crippen molar-refractivity contribution in [2.24, 2.45) is 0 Å². The number of aliphatic hydroxyl groups is 2. The van der Waals surface area contributed by atoms with E-state index in [0.717, 1.165) is 89.9 Å². The minimum atomic E-state index is -0.793. The van der Waals surface area contributed by atoms with Crippen LogP contribution in [0.4, 0.5) is 0 Å². The van der Waals surface area contributed by atoms with Crippen LogP contribution in [0.1, 0.15) is 265 Å². The Bertz CT molecular complexity index is 1050. The number of carbonyl (C=O) groups is 2. The third-order valence-electron chi connectivity index (χ3n) is 12.0. The molecule has 0 spiro atoms. The Kier molecular flexibility index (Phi) is 47.1. The van der Waals surface area contributed by atoms with Crippen LogP contribution in [0, 0.1) is 0 Å². The van der Waals surface area contributed by atoms with Gasteiger partial charge < -0.3 is 20.3 Å². The van der Waals surface area contributed by atoms with Crippen molar-refractivity contribution in [3.8, 4) is 0 Å². The molecular weight excluding hydrogens is 755 g/mol. The molecule has 1 amide bonds. The first-order valence-electron chi connectivity index (χ1n) is 26.4. The first kappa shape index (κ1) is 58.8. The predicted octanol–water partition coefficient (Wildman–Crippen LogP) is 15.8. The maximum Gasteiger partial charge on any atom is 0.306 e. The molecule has 0 aliphatic carbocycles. The highest BCUT2D eigenvalue weighted by Gasteiger charge is 2.24. The average Bonchev–Trinajstić information content (AvgIpc) is 3.25. The van der Waals surface area contributed by atoms with Gasteiger partial charge in [-0.3, -0.25) is 9.59 Å². The standard InChI is InChI=1S/C55H101NO5/c1-4-7-10-13-16-19-22-25-26-27-30-32-35-38-41-44-47-53(58)52(50-57)56-54(59)49-51(46-43-40-37-34-31-28-23-20-17-14-11-8-5-2)61-55(60)48-45-42-39-36-33-29-24-21-18-15-12-9-6-3/h9,12,15,18,20-21,23-24,51-53,57-58H,4-8,10-11,13-14,16-17,19,22,25-50H2,1-3H3,(H,56,59)/b12-9+,18-15+,23-20-,24-21-. The minimum Gasteiger partial charge on any atom is -0.462 e. The van der Waals surface area contributed by atoms with Crippen LogP contribution < -0.4 is 5.32 Å². The van der Waals surface area contributed by atoms with Gasteiger partial charge in [-0.15, -0.1) is 0 Å². The Balaban J connectivity index is 4.55. The number of rotatable bonds is 47. The number of esters is 1. The summed E-state index contributed by atoms with van der Waals surface area (Å²) < 4.78 is 5.92. The van der Waals surface area contributed by atoms with Gasteiger partial charge in [0, 0.05) is 6.42 Å².